The number of hydrazone groups is 1. The first kappa shape index (κ1) is 18.7. The van der Waals surface area contributed by atoms with Crippen molar-refractivity contribution in [1.82, 2.24) is 5.43 Å². The van der Waals surface area contributed by atoms with Gasteiger partial charge in [-0.25, -0.2) is 5.43 Å². The highest BCUT2D eigenvalue weighted by Gasteiger charge is 2.13. The number of anilines is 2. The Hall–Kier alpha value is -2.67. The second-order valence-electron chi connectivity index (χ2n) is 5.60. The Labute approximate surface area is 155 Å². The van der Waals surface area contributed by atoms with Gasteiger partial charge in [0.2, 0.25) is 0 Å². The minimum Gasteiger partial charge on any atom is -0.378 e. The normalized spacial score (nSPS) is 10.6. The lowest BCUT2D eigenvalue weighted by Gasteiger charge is -2.11. The molecule has 2 N–H and O–H groups in total. The number of halogens is 1. The molecule has 0 saturated carbocycles. The Morgan fingerprint density at radius 3 is 2.36 bits per heavy atom. The standard InChI is InChI=1S/C18H19BrN4O2/c1-12-10-14(19)6-9-16(12)21-17(24)18(25)22-20-11-13-4-7-15(8-5-13)23(2)3/h4-11H,1-3H3,(H,21,24)(H,22,25)/b20-11+. The van der Waals surface area contributed by atoms with Crippen molar-refractivity contribution in [3.8, 4) is 0 Å². The van der Waals surface area contributed by atoms with Crippen molar-refractivity contribution < 1.29 is 9.59 Å². The van der Waals surface area contributed by atoms with Crippen molar-refractivity contribution >= 4 is 45.3 Å². The highest BCUT2D eigenvalue weighted by Crippen LogP contribution is 2.19. The molecule has 130 valence electrons. The highest BCUT2D eigenvalue weighted by atomic mass is 79.9. The van der Waals surface area contributed by atoms with Crippen LogP contribution in [-0.2, 0) is 9.59 Å². The van der Waals surface area contributed by atoms with Gasteiger partial charge in [0.25, 0.3) is 0 Å². The molecule has 0 fully saturated rings. The lowest BCUT2D eigenvalue weighted by molar-refractivity contribution is -0.136. The number of carbonyl (C=O) groups excluding carboxylic acids is 2. The lowest BCUT2D eigenvalue weighted by atomic mass is 10.2. The Bertz CT molecular complexity index is 801. The van der Waals surface area contributed by atoms with E-state index in [4.69, 9.17) is 0 Å². The maximum Gasteiger partial charge on any atom is 0.329 e. The molecule has 0 aliphatic carbocycles. The molecule has 0 unspecified atom stereocenters. The van der Waals surface area contributed by atoms with Gasteiger partial charge in [0, 0.05) is 29.9 Å². The molecule has 0 aliphatic heterocycles. The van der Waals surface area contributed by atoms with E-state index < -0.39 is 11.8 Å². The highest BCUT2D eigenvalue weighted by molar-refractivity contribution is 9.10. The van der Waals surface area contributed by atoms with E-state index >= 15 is 0 Å². The van der Waals surface area contributed by atoms with Crippen LogP contribution in [0.3, 0.4) is 0 Å². The first-order chi connectivity index (χ1) is 11.9. The predicted molar refractivity (Wildman–Crippen MR) is 104 cm³/mol. The molecule has 0 heterocycles. The van der Waals surface area contributed by atoms with E-state index in [0.29, 0.717) is 5.69 Å². The number of hydrogen-bond acceptors (Lipinski definition) is 4. The van der Waals surface area contributed by atoms with E-state index in [2.05, 4.69) is 31.8 Å². The predicted octanol–water partition coefficient (Wildman–Crippen LogP) is 2.91. The van der Waals surface area contributed by atoms with Gasteiger partial charge in [-0.1, -0.05) is 28.1 Å². The van der Waals surface area contributed by atoms with Crippen LogP contribution in [0, 0.1) is 6.92 Å². The average molecular weight is 403 g/mol. The third-order valence-electron chi connectivity index (χ3n) is 3.43. The van der Waals surface area contributed by atoms with Crippen LogP contribution in [0.2, 0.25) is 0 Å². The minimum atomic E-state index is -0.830. The van der Waals surface area contributed by atoms with Crippen molar-refractivity contribution in [3.05, 3.63) is 58.1 Å². The molecule has 0 spiro atoms. The van der Waals surface area contributed by atoms with Crippen molar-refractivity contribution in [2.75, 3.05) is 24.3 Å². The largest absolute Gasteiger partial charge is 0.378 e. The lowest BCUT2D eigenvalue weighted by Crippen LogP contribution is -2.32. The van der Waals surface area contributed by atoms with Crippen molar-refractivity contribution in [2.45, 2.75) is 6.92 Å². The zero-order valence-electron chi connectivity index (χ0n) is 14.2. The number of hydrogen-bond donors (Lipinski definition) is 2. The summed E-state index contributed by atoms with van der Waals surface area (Å²) < 4.78 is 0.900. The third-order valence-corrected chi connectivity index (χ3v) is 3.93. The van der Waals surface area contributed by atoms with Crippen LogP contribution in [0.5, 0.6) is 0 Å². The molecule has 2 aromatic carbocycles. The molecular formula is C18H19BrN4O2. The fourth-order valence-electron chi connectivity index (χ4n) is 2.02. The Kier molecular flexibility index (Phi) is 6.30. The van der Waals surface area contributed by atoms with Crippen LogP contribution in [0.4, 0.5) is 11.4 Å². The maximum atomic E-state index is 11.9. The van der Waals surface area contributed by atoms with Crippen molar-refractivity contribution in [2.24, 2.45) is 5.10 Å². The monoisotopic (exact) mass is 402 g/mol. The average Bonchev–Trinajstić information content (AvgIpc) is 2.57. The van der Waals surface area contributed by atoms with Crippen LogP contribution in [-0.4, -0.2) is 32.1 Å². The van der Waals surface area contributed by atoms with Crippen LogP contribution in [0.1, 0.15) is 11.1 Å². The number of carbonyl (C=O) groups is 2. The SMILES string of the molecule is Cc1cc(Br)ccc1NC(=O)C(=O)N/N=C/c1ccc(N(C)C)cc1. The number of rotatable bonds is 4. The first-order valence-electron chi connectivity index (χ1n) is 7.55. The van der Waals surface area contributed by atoms with Crippen LogP contribution < -0.4 is 15.6 Å². The van der Waals surface area contributed by atoms with Gasteiger partial charge in [-0.05, 0) is 48.4 Å². The van der Waals surface area contributed by atoms with E-state index in [1.807, 2.05) is 56.3 Å². The summed E-state index contributed by atoms with van der Waals surface area (Å²) in [6.45, 7) is 1.84. The Morgan fingerprint density at radius 2 is 1.76 bits per heavy atom. The van der Waals surface area contributed by atoms with E-state index in [-0.39, 0.29) is 0 Å². The summed E-state index contributed by atoms with van der Waals surface area (Å²) in [5.41, 5.74) is 5.52. The number of nitrogens with one attached hydrogen (secondary N) is 2. The molecule has 0 atom stereocenters. The second-order valence-corrected chi connectivity index (χ2v) is 6.51. The molecule has 25 heavy (non-hydrogen) atoms. The molecule has 0 bridgehead atoms. The molecule has 0 saturated heterocycles. The van der Waals surface area contributed by atoms with E-state index in [1.165, 1.54) is 6.21 Å². The van der Waals surface area contributed by atoms with Crippen LogP contribution in [0.25, 0.3) is 0 Å². The molecule has 0 aromatic heterocycles. The molecule has 2 rings (SSSR count). The molecule has 6 nitrogen and oxygen atoms in total. The van der Waals surface area contributed by atoms with Crippen LogP contribution in [0.15, 0.2) is 52.0 Å². The van der Waals surface area contributed by atoms with Gasteiger partial charge in [0.1, 0.15) is 0 Å². The second kappa shape index (κ2) is 8.43. The van der Waals surface area contributed by atoms with Gasteiger partial charge in [-0.15, -0.1) is 0 Å². The quantitative estimate of drug-likeness (QED) is 0.469. The van der Waals surface area contributed by atoms with Crippen LogP contribution >= 0.6 is 15.9 Å². The molecule has 0 aliphatic rings. The fraction of sp³-hybridized carbons (Fsp3) is 0.167. The van der Waals surface area contributed by atoms with Crippen molar-refractivity contribution in [1.29, 1.82) is 0 Å². The molecule has 2 aromatic rings. The first-order valence-corrected chi connectivity index (χ1v) is 8.34. The van der Waals surface area contributed by atoms with Gasteiger partial charge in [-0.3, -0.25) is 9.59 Å². The summed E-state index contributed by atoms with van der Waals surface area (Å²) in [5, 5.41) is 6.36. The molecule has 2 amide bonds. The summed E-state index contributed by atoms with van der Waals surface area (Å²) >= 11 is 3.35. The number of amides is 2. The van der Waals surface area contributed by atoms with Gasteiger partial charge in [0.15, 0.2) is 0 Å². The van der Waals surface area contributed by atoms with E-state index in [1.54, 1.807) is 12.1 Å². The summed E-state index contributed by atoms with van der Waals surface area (Å²) in [4.78, 5) is 25.7. The minimum absolute atomic E-state index is 0.576. The zero-order chi connectivity index (χ0) is 18.4. The Morgan fingerprint density at radius 1 is 1.08 bits per heavy atom. The van der Waals surface area contributed by atoms with Gasteiger partial charge in [0.05, 0.1) is 6.21 Å². The summed E-state index contributed by atoms with van der Waals surface area (Å²) in [7, 11) is 3.91. The van der Waals surface area contributed by atoms with Gasteiger partial charge in [-0.2, -0.15) is 5.10 Å². The van der Waals surface area contributed by atoms with Gasteiger partial charge < -0.3 is 10.2 Å². The third kappa shape index (κ3) is 5.42. The number of aryl methyl sites for hydroxylation is 1. The summed E-state index contributed by atoms with van der Waals surface area (Å²) in [6.07, 6.45) is 1.48. The maximum absolute atomic E-state index is 11.9. The van der Waals surface area contributed by atoms with E-state index in [9.17, 15) is 9.59 Å². The smallest absolute Gasteiger partial charge is 0.329 e. The van der Waals surface area contributed by atoms with Crippen molar-refractivity contribution in [3.63, 3.8) is 0 Å². The molecule has 0 radical (unpaired) electrons. The fourth-order valence-corrected chi connectivity index (χ4v) is 2.50. The summed E-state index contributed by atoms with van der Waals surface area (Å²) in [5.74, 6) is -1.60. The number of benzene rings is 2. The molecule has 7 heteroatoms. The summed E-state index contributed by atoms with van der Waals surface area (Å²) in [6, 6.07) is 13.0. The Balaban J connectivity index is 1.91. The molecular weight excluding hydrogens is 384 g/mol. The van der Waals surface area contributed by atoms with E-state index in [0.717, 1.165) is 21.3 Å². The number of nitrogens with zero attached hydrogens (tertiary/aromatic N) is 2. The topological polar surface area (TPSA) is 73.8 Å². The van der Waals surface area contributed by atoms with Gasteiger partial charge >= 0.3 is 11.8 Å². The zero-order valence-corrected chi connectivity index (χ0v) is 15.8.